The van der Waals surface area contributed by atoms with Crippen molar-refractivity contribution in [1.29, 1.82) is 0 Å². The fourth-order valence-electron chi connectivity index (χ4n) is 2.84. The van der Waals surface area contributed by atoms with Crippen LogP contribution >= 0.6 is 0 Å². The van der Waals surface area contributed by atoms with Crippen molar-refractivity contribution in [2.75, 3.05) is 6.54 Å². The lowest BCUT2D eigenvalue weighted by molar-refractivity contribution is -0.139. The molecule has 1 fully saturated rings. The number of halogens is 1. The van der Waals surface area contributed by atoms with Crippen LogP contribution in [0.5, 0.6) is 0 Å². The zero-order valence-corrected chi connectivity index (χ0v) is 11.9. The summed E-state index contributed by atoms with van der Waals surface area (Å²) < 4.78 is 13.2. The zero-order valence-electron chi connectivity index (χ0n) is 11.9. The van der Waals surface area contributed by atoms with Crippen LogP contribution in [0, 0.1) is 5.82 Å². The van der Waals surface area contributed by atoms with Crippen LogP contribution in [0.1, 0.15) is 37.7 Å². The summed E-state index contributed by atoms with van der Waals surface area (Å²) in [5.74, 6) is -1.23. The van der Waals surface area contributed by atoms with Gasteiger partial charge < -0.3 is 10.0 Å². The molecular weight excluding hydrogens is 273 g/mol. The van der Waals surface area contributed by atoms with Crippen molar-refractivity contribution in [2.24, 2.45) is 0 Å². The van der Waals surface area contributed by atoms with Crippen molar-refractivity contribution >= 4 is 11.9 Å². The molecule has 0 aromatic heterocycles. The van der Waals surface area contributed by atoms with E-state index in [1.807, 2.05) is 0 Å². The van der Waals surface area contributed by atoms with Gasteiger partial charge in [-0.25, -0.2) is 4.39 Å². The molecule has 114 valence electrons. The lowest BCUT2D eigenvalue weighted by Crippen LogP contribution is -2.44. The smallest absolute Gasteiger partial charge is 0.303 e. The molecule has 0 spiro atoms. The Labute approximate surface area is 123 Å². The molecule has 4 nitrogen and oxygen atoms in total. The summed E-state index contributed by atoms with van der Waals surface area (Å²) in [4.78, 5) is 24.9. The van der Waals surface area contributed by atoms with Gasteiger partial charge >= 0.3 is 5.97 Å². The molecule has 0 radical (unpaired) electrons. The second-order valence-corrected chi connectivity index (χ2v) is 5.48. The predicted molar refractivity (Wildman–Crippen MR) is 76.3 cm³/mol. The standard InChI is InChI=1S/C16H20FNO3/c17-13-5-3-4-12(10-13)11-15(19)18-9-2-1-6-14(18)7-8-16(20)21/h3-5,10,14H,1-2,6-9,11H2,(H,20,21)/t14-/m1/s1. The molecule has 1 aromatic carbocycles. The van der Waals surface area contributed by atoms with Gasteiger partial charge in [-0.15, -0.1) is 0 Å². The van der Waals surface area contributed by atoms with Crippen molar-refractivity contribution in [3.05, 3.63) is 35.6 Å². The number of carbonyl (C=O) groups is 2. The van der Waals surface area contributed by atoms with Gasteiger partial charge in [0.15, 0.2) is 0 Å². The maximum absolute atomic E-state index is 13.2. The molecule has 2 rings (SSSR count). The number of aliphatic carboxylic acids is 1. The number of amides is 1. The van der Waals surface area contributed by atoms with E-state index < -0.39 is 5.97 Å². The Morgan fingerprint density at radius 1 is 1.33 bits per heavy atom. The van der Waals surface area contributed by atoms with Crippen LogP contribution in [0.25, 0.3) is 0 Å². The van der Waals surface area contributed by atoms with E-state index in [9.17, 15) is 14.0 Å². The number of carboxylic acid groups (broad SMARTS) is 1. The number of hydrogen-bond acceptors (Lipinski definition) is 2. The van der Waals surface area contributed by atoms with Crippen molar-refractivity contribution in [3.63, 3.8) is 0 Å². The Bertz CT molecular complexity index is 518. The van der Waals surface area contributed by atoms with Crippen LogP contribution in [0.2, 0.25) is 0 Å². The van der Waals surface area contributed by atoms with Gasteiger partial charge in [0.05, 0.1) is 6.42 Å². The highest BCUT2D eigenvalue weighted by Gasteiger charge is 2.26. The number of likely N-dealkylation sites (tertiary alicyclic amines) is 1. The number of benzene rings is 1. The molecule has 1 aromatic rings. The lowest BCUT2D eigenvalue weighted by atomic mass is 9.97. The van der Waals surface area contributed by atoms with E-state index in [1.165, 1.54) is 12.1 Å². The second kappa shape index (κ2) is 7.20. The van der Waals surface area contributed by atoms with Crippen LogP contribution < -0.4 is 0 Å². The Hall–Kier alpha value is -1.91. The molecule has 0 saturated carbocycles. The quantitative estimate of drug-likeness (QED) is 0.908. The second-order valence-electron chi connectivity index (χ2n) is 5.48. The Morgan fingerprint density at radius 2 is 2.14 bits per heavy atom. The van der Waals surface area contributed by atoms with Gasteiger partial charge in [0.1, 0.15) is 5.82 Å². The summed E-state index contributed by atoms with van der Waals surface area (Å²) in [6.07, 6.45) is 3.55. The first-order valence-corrected chi connectivity index (χ1v) is 7.32. The Kier molecular flexibility index (Phi) is 5.31. The van der Waals surface area contributed by atoms with Crippen LogP contribution in [0.3, 0.4) is 0 Å². The van der Waals surface area contributed by atoms with E-state index in [-0.39, 0.29) is 30.6 Å². The maximum Gasteiger partial charge on any atom is 0.303 e. The molecule has 1 aliphatic rings. The molecule has 1 amide bonds. The molecule has 21 heavy (non-hydrogen) atoms. The zero-order chi connectivity index (χ0) is 15.2. The van der Waals surface area contributed by atoms with Crippen LogP contribution in [0.15, 0.2) is 24.3 Å². The third kappa shape index (κ3) is 4.55. The SMILES string of the molecule is O=C(O)CC[C@H]1CCCCN1C(=O)Cc1cccc(F)c1. The largest absolute Gasteiger partial charge is 0.481 e. The van der Waals surface area contributed by atoms with Crippen molar-refractivity contribution in [3.8, 4) is 0 Å². The number of hydrogen-bond donors (Lipinski definition) is 1. The maximum atomic E-state index is 13.2. The van der Waals surface area contributed by atoms with Gasteiger partial charge in [0.25, 0.3) is 0 Å². The molecule has 0 aliphatic carbocycles. The van der Waals surface area contributed by atoms with Gasteiger partial charge in [-0.2, -0.15) is 0 Å². The van der Waals surface area contributed by atoms with E-state index in [2.05, 4.69) is 0 Å². The van der Waals surface area contributed by atoms with E-state index in [4.69, 9.17) is 5.11 Å². The monoisotopic (exact) mass is 293 g/mol. The fourth-order valence-corrected chi connectivity index (χ4v) is 2.84. The van der Waals surface area contributed by atoms with Crippen molar-refractivity contribution in [2.45, 2.75) is 44.6 Å². The molecule has 0 unspecified atom stereocenters. The van der Waals surface area contributed by atoms with Crippen molar-refractivity contribution in [1.82, 2.24) is 4.90 Å². The van der Waals surface area contributed by atoms with E-state index >= 15 is 0 Å². The first-order chi connectivity index (χ1) is 10.1. The summed E-state index contributed by atoms with van der Waals surface area (Å²) in [5, 5.41) is 8.79. The predicted octanol–water partition coefficient (Wildman–Crippen LogP) is 2.61. The third-order valence-electron chi connectivity index (χ3n) is 3.88. The average molecular weight is 293 g/mol. The van der Waals surface area contributed by atoms with Gasteiger partial charge in [0.2, 0.25) is 5.91 Å². The number of carbonyl (C=O) groups excluding carboxylic acids is 1. The van der Waals surface area contributed by atoms with Crippen LogP contribution in [-0.2, 0) is 16.0 Å². The first kappa shape index (κ1) is 15.5. The van der Waals surface area contributed by atoms with Gasteiger partial charge in [-0.3, -0.25) is 9.59 Å². The highest BCUT2D eigenvalue weighted by Crippen LogP contribution is 2.22. The van der Waals surface area contributed by atoms with E-state index in [1.54, 1.807) is 17.0 Å². The highest BCUT2D eigenvalue weighted by atomic mass is 19.1. The molecule has 5 heteroatoms. The highest BCUT2D eigenvalue weighted by molar-refractivity contribution is 5.79. The minimum Gasteiger partial charge on any atom is -0.481 e. The summed E-state index contributed by atoms with van der Waals surface area (Å²) in [6, 6.07) is 6.04. The van der Waals surface area contributed by atoms with Crippen molar-refractivity contribution < 1.29 is 19.1 Å². The number of rotatable bonds is 5. The Morgan fingerprint density at radius 3 is 2.86 bits per heavy atom. The number of piperidine rings is 1. The van der Waals surface area contributed by atoms with Gasteiger partial charge in [-0.1, -0.05) is 12.1 Å². The lowest BCUT2D eigenvalue weighted by Gasteiger charge is -2.35. The molecule has 1 N–H and O–H groups in total. The average Bonchev–Trinajstić information content (AvgIpc) is 2.45. The molecular formula is C16H20FNO3. The summed E-state index contributed by atoms with van der Waals surface area (Å²) in [5.41, 5.74) is 0.655. The first-order valence-electron chi connectivity index (χ1n) is 7.32. The number of nitrogens with zero attached hydrogens (tertiary/aromatic N) is 1. The summed E-state index contributed by atoms with van der Waals surface area (Å²) >= 11 is 0. The topological polar surface area (TPSA) is 57.6 Å². The minimum atomic E-state index is -0.835. The Balaban J connectivity index is 1.99. The molecule has 1 saturated heterocycles. The number of carboxylic acids is 1. The molecule has 1 heterocycles. The molecule has 0 bridgehead atoms. The summed E-state index contributed by atoms with van der Waals surface area (Å²) in [7, 11) is 0. The van der Waals surface area contributed by atoms with Crippen LogP contribution in [-0.4, -0.2) is 34.5 Å². The molecule has 1 aliphatic heterocycles. The van der Waals surface area contributed by atoms with E-state index in [0.29, 0.717) is 18.5 Å². The molecule has 1 atom stereocenters. The normalized spacial score (nSPS) is 18.5. The third-order valence-corrected chi connectivity index (χ3v) is 3.88. The van der Waals surface area contributed by atoms with Gasteiger partial charge in [-0.05, 0) is 43.4 Å². The fraction of sp³-hybridized carbons (Fsp3) is 0.500. The van der Waals surface area contributed by atoms with Crippen LogP contribution in [0.4, 0.5) is 4.39 Å². The minimum absolute atomic E-state index is 0.00379. The summed E-state index contributed by atoms with van der Waals surface area (Å²) in [6.45, 7) is 0.665. The van der Waals surface area contributed by atoms with Gasteiger partial charge in [0, 0.05) is 19.0 Å². The van der Waals surface area contributed by atoms with E-state index in [0.717, 1.165) is 19.3 Å².